The van der Waals surface area contributed by atoms with Crippen molar-refractivity contribution in [3.05, 3.63) is 54.5 Å². The molecular formula is C19H18FN3O3S2. The molecular weight excluding hydrogens is 401 g/mol. The molecule has 2 aromatic carbocycles. The second-order valence-electron chi connectivity index (χ2n) is 6.72. The Morgan fingerprint density at radius 3 is 2.79 bits per heavy atom. The van der Waals surface area contributed by atoms with Crippen LogP contribution >= 0.6 is 11.5 Å². The van der Waals surface area contributed by atoms with E-state index in [1.807, 2.05) is 18.2 Å². The molecule has 0 aliphatic carbocycles. The lowest BCUT2D eigenvalue weighted by Crippen LogP contribution is -2.43. The maximum atomic E-state index is 13.1. The minimum Gasteiger partial charge on any atom is -0.326 e. The molecule has 1 N–H and O–H groups in total. The van der Waals surface area contributed by atoms with Crippen LogP contribution in [0.25, 0.3) is 10.1 Å². The van der Waals surface area contributed by atoms with Crippen LogP contribution in [0.5, 0.6) is 0 Å². The van der Waals surface area contributed by atoms with Crippen molar-refractivity contribution in [3.63, 3.8) is 0 Å². The van der Waals surface area contributed by atoms with Gasteiger partial charge in [-0.05, 0) is 66.8 Å². The van der Waals surface area contributed by atoms with Crippen molar-refractivity contribution in [3.8, 4) is 0 Å². The van der Waals surface area contributed by atoms with E-state index in [1.165, 1.54) is 28.0 Å². The smallest absolute Gasteiger partial charge is 0.243 e. The molecule has 3 aromatic rings. The van der Waals surface area contributed by atoms with Gasteiger partial charge in [-0.1, -0.05) is 0 Å². The number of fused-ring (bicyclic) bond motifs is 1. The van der Waals surface area contributed by atoms with Gasteiger partial charge in [0.2, 0.25) is 15.9 Å². The molecule has 0 unspecified atom stereocenters. The summed E-state index contributed by atoms with van der Waals surface area (Å²) in [6.07, 6.45) is 2.95. The van der Waals surface area contributed by atoms with E-state index in [-0.39, 0.29) is 17.3 Å². The van der Waals surface area contributed by atoms with E-state index < -0.39 is 21.8 Å². The van der Waals surface area contributed by atoms with Gasteiger partial charge in [-0.2, -0.15) is 8.68 Å². The molecule has 0 spiro atoms. The van der Waals surface area contributed by atoms with Crippen LogP contribution in [0.2, 0.25) is 0 Å². The standard InChI is InChI=1S/C19H18FN3O3S2/c20-15-3-6-17(7-4-15)28(25,26)23-9-1-2-13(12-23)19(24)22-16-5-8-18-14(10-16)11-21-27-18/h3-8,10-11,13H,1-2,9,12H2,(H,22,24)/t13-/m1/s1. The number of hydrogen-bond donors (Lipinski definition) is 1. The summed E-state index contributed by atoms with van der Waals surface area (Å²) >= 11 is 1.39. The molecule has 146 valence electrons. The highest BCUT2D eigenvalue weighted by Gasteiger charge is 2.33. The number of benzene rings is 2. The van der Waals surface area contributed by atoms with Crippen LogP contribution in [-0.2, 0) is 14.8 Å². The summed E-state index contributed by atoms with van der Waals surface area (Å²) < 4.78 is 45.2. The predicted octanol–water partition coefficient (Wildman–Crippen LogP) is 3.47. The van der Waals surface area contributed by atoms with Crippen LogP contribution in [0.3, 0.4) is 0 Å². The summed E-state index contributed by atoms with van der Waals surface area (Å²) in [6.45, 7) is 0.448. The fourth-order valence-electron chi connectivity index (χ4n) is 3.32. The van der Waals surface area contributed by atoms with Crippen LogP contribution in [0.15, 0.2) is 53.6 Å². The lowest BCUT2D eigenvalue weighted by atomic mass is 9.98. The number of nitrogens with zero attached hydrogens (tertiary/aromatic N) is 2. The van der Waals surface area contributed by atoms with Crippen LogP contribution in [0.1, 0.15) is 12.8 Å². The number of carbonyl (C=O) groups is 1. The number of rotatable bonds is 4. The molecule has 1 aromatic heterocycles. The quantitative estimate of drug-likeness (QED) is 0.702. The first-order chi connectivity index (χ1) is 13.4. The van der Waals surface area contributed by atoms with Gasteiger partial charge < -0.3 is 5.32 Å². The van der Waals surface area contributed by atoms with E-state index in [1.54, 1.807) is 6.20 Å². The molecule has 1 saturated heterocycles. The Morgan fingerprint density at radius 1 is 1.21 bits per heavy atom. The van der Waals surface area contributed by atoms with Crippen molar-refractivity contribution in [2.75, 3.05) is 18.4 Å². The summed E-state index contributed by atoms with van der Waals surface area (Å²) in [5.41, 5.74) is 0.663. The van der Waals surface area contributed by atoms with Gasteiger partial charge in [-0.25, -0.2) is 12.8 Å². The predicted molar refractivity (Wildman–Crippen MR) is 106 cm³/mol. The number of carbonyl (C=O) groups excluding carboxylic acids is 1. The summed E-state index contributed by atoms with van der Waals surface area (Å²) in [4.78, 5) is 12.7. The monoisotopic (exact) mass is 419 g/mol. The molecule has 4 rings (SSSR count). The second-order valence-corrected chi connectivity index (χ2v) is 9.49. The summed E-state index contributed by atoms with van der Waals surface area (Å²) in [6, 6.07) is 10.3. The minimum atomic E-state index is -3.76. The number of sulfonamides is 1. The van der Waals surface area contributed by atoms with Gasteiger partial charge in [-0.3, -0.25) is 4.79 Å². The molecule has 1 fully saturated rings. The Balaban J connectivity index is 1.48. The molecule has 1 amide bonds. The highest BCUT2D eigenvalue weighted by Crippen LogP contribution is 2.26. The van der Waals surface area contributed by atoms with E-state index in [0.717, 1.165) is 22.2 Å². The van der Waals surface area contributed by atoms with Crippen molar-refractivity contribution in [2.24, 2.45) is 5.92 Å². The number of halogens is 1. The SMILES string of the molecule is O=C(Nc1ccc2sncc2c1)[C@@H]1CCCN(S(=O)(=O)c2ccc(F)cc2)C1. The highest BCUT2D eigenvalue weighted by molar-refractivity contribution is 7.89. The molecule has 1 aliphatic heterocycles. The first-order valence-electron chi connectivity index (χ1n) is 8.84. The largest absolute Gasteiger partial charge is 0.326 e. The van der Waals surface area contributed by atoms with Gasteiger partial charge >= 0.3 is 0 Å². The molecule has 2 heterocycles. The summed E-state index contributed by atoms with van der Waals surface area (Å²) in [5, 5.41) is 3.83. The van der Waals surface area contributed by atoms with Crippen molar-refractivity contribution in [2.45, 2.75) is 17.7 Å². The van der Waals surface area contributed by atoms with Crippen molar-refractivity contribution in [1.29, 1.82) is 0 Å². The third-order valence-corrected chi connectivity index (χ3v) is 7.49. The van der Waals surface area contributed by atoms with Gasteiger partial charge in [0.25, 0.3) is 0 Å². The van der Waals surface area contributed by atoms with Crippen LogP contribution in [-0.4, -0.2) is 36.1 Å². The molecule has 28 heavy (non-hydrogen) atoms. The second kappa shape index (κ2) is 7.57. The zero-order valence-electron chi connectivity index (χ0n) is 14.8. The van der Waals surface area contributed by atoms with E-state index in [4.69, 9.17) is 0 Å². The minimum absolute atomic E-state index is 0.0327. The van der Waals surface area contributed by atoms with E-state index in [0.29, 0.717) is 25.1 Å². The van der Waals surface area contributed by atoms with Crippen molar-refractivity contribution < 1.29 is 17.6 Å². The average Bonchev–Trinajstić information content (AvgIpc) is 3.16. The summed E-state index contributed by atoms with van der Waals surface area (Å²) in [7, 11) is -3.76. The molecule has 6 nitrogen and oxygen atoms in total. The Hall–Kier alpha value is -2.36. The summed E-state index contributed by atoms with van der Waals surface area (Å²) in [5.74, 6) is -1.14. The molecule has 0 radical (unpaired) electrons. The zero-order valence-corrected chi connectivity index (χ0v) is 16.5. The first-order valence-corrected chi connectivity index (χ1v) is 11.1. The van der Waals surface area contributed by atoms with Crippen LogP contribution in [0, 0.1) is 11.7 Å². The Bertz CT molecular complexity index is 1110. The number of piperidine rings is 1. The lowest BCUT2D eigenvalue weighted by molar-refractivity contribution is -0.120. The average molecular weight is 420 g/mol. The van der Waals surface area contributed by atoms with E-state index >= 15 is 0 Å². The lowest BCUT2D eigenvalue weighted by Gasteiger charge is -2.31. The molecule has 1 atom stereocenters. The number of nitrogens with one attached hydrogen (secondary N) is 1. The van der Waals surface area contributed by atoms with Crippen LogP contribution in [0.4, 0.5) is 10.1 Å². The normalized spacial score (nSPS) is 18.2. The Kier molecular flexibility index (Phi) is 5.13. The maximum absolute atomic E-state index is 13.1. The maximum Gasteiger partial charge on any atom is 0.243 e. The molecule has 0 bridgehead atoms. The van der Waals surface area contributed by atoms with Gasteiger partial charge in [-0.15, -0.1) is 0 Å². The van der Waals surface area contributed by atoms with Crippen molar-refractivity contribution >= 4 is 43.2 Å². The van der Waals surface area contributed by atoms with Gasteiger partial charge in [0.1, 0.15) is 5.82 Å². The fraction of sp³-hybridized carbons (Fsp3) is 0.263. The number of amides is 1. The van der Waals surface area contributed by atoms with Crippen molar-refractivity contribution in [1.82, 2.24) is 8.68 Å². The third kappa shape index (κ3) is 3.78. The van der Waals surface area contributed by atoms with E-state index in [9.17, 15) is 17.6 Å². The Morgan fingerprint density at radius 2 is 2.00 bits per heavy atom. The number of hydrogen-bond acceptors (Lipinski definition) is 5. The topological polar surface area (TPSA) is 79.4 Å². The fourth-order valence-corrected chi connectivity index (χ4v) is 5.47. The first kappa shape index (κ1) is 19.0. The zero-order chi connectivity index (χ0) is 19.7. The van der Waals surface area contributed by atoms with Gasteiger partial charge in [0.05, 0.1) is 15.5 Å². The van der Waals surface area contributed by atoms with Crippen LogP contribution < -0.4 is 5.32 Å². The molecule has 9 heteroatoms. The molecule has 0 saturated carbocycles. The highest BCUT2D eigenvalue weighted by atomic mass is 32.2. The van der Waals surface area contributed by atoms with Gasteiger partial charge in [0, 0.05) is 30.4 Å². The van der Waals surface area contributed by atoms with E-state index in [2.05, 4.69) is 9.69 Å². The number of aromatic nitrogens is 1. The molecule has 1 aliphatic rings. The number of anilines is 1. The van der Waals surface area contributed by atoms with Gasteiger partial charge in [0.15, 0.2) is 0 Å². The third-order valence-electron chi connectivity index (χ3n) is 4.83. The Labute approximate surface area is 166 Å².